The molecule has 2 aromatic heterocycles. The first-order valence-electron chi connectivity index (χ1n) is 12.7. The summed E-state index contributed by atoms with van der Waals surface area (Å²) in [6, 6.07) is 7.00. The Bertz CT molecular complexity index is 1580. The Labute approximate surface area is 241 Å². The van der Waals surface area contributed by atoms with Crippen LogP contribution in [0.25, 0.3) is 16.9 Å². The highest BCUT2D eigenvalue weighted by Gasteiger charge is 2.26. The van der Waals surface area contributed by atoms with E-state index in [4.69, 9.17) is 33.7 Å². The van der Waals surface area contributed by atoms with E-state index < -0.39 is 5.97 Å². The van der Waals surface area contributed by atoms with Gasteiger partial charge < -0.3 is 25.4 Å². The van der Waals surface area contributed by atoms with Gasteiger partial charge in [-0.25, -0.2) is 14.8 Å². The molecule has 1 aliphatic rings. The number of nitrogens with two attached hydrogens (primary N) is 1. The highest BCUT2D eigenvalue weighted by Crippen LogP contribution is 2.41. The molecule has 0 atom stereocenters. The fraction of sp³-hybridized carbons (Fsp3) is 0.286. The van der Waals surface area contributed by atoms with Crippen LogP contribution >= 0.6 is 23.2 Å². The van der Waals surface area contributed by atoms with E-state index in [-0.39, 0.29) is 6.47 Å². The van der Waals surface area contributed by atoms with Crippen LogP contribution < -0.4 is 20.7 Å². The molecule has 1 aliphatic heterocycles. The molecule has 1 fully saturated rings. The fourth-order valence-corrected chi connectivity index (χ4v) is 5.65. The third-order valence-electron chi connectivity index (χ3n) is 7.29. The van der Waals surface area contributed by atoms with Crippen molar-refractivity contribution in [3.8, 4) is 17.0 Å². The molecule has 2 aromatic carbocycles. The molecule has 10 nitrogen and oxygen atoms in total. The van der Waals surface area contributed by atoms with Crippen LogP contribution in [0.3, 0.4) is 0 Å². The monoisotopic (exact) mass is 582 g/mol. The molecule has 0 amide bonds. The van der Waals surface area contributed by atoms with Crippen molar-refractivity contribution in [2.75, 3.05) is 37.0 Å². The van der Waals surface area contributed by atoms with Crippen LogP contribution in [0.5, 0.6) is 5.75 Å². The zero-order valence-corrected chi connectivity index (χ0v) is 23.5. The maximum Gasteiger partial charge on any atom is 0.345 e. The van der Waals surface area contributed by atoms with E-state index >= 15 is 0 Å². The minimum atomic E-state index is -0.703. The molecule has 0 unspecified atom stereocenters. The van der Waals surface area contributed by atoms with Crippen LogP contribution in [0.1, 0.15) is 28.8 Å². The summed E-state index contributed by atoms with van der Waals surface area (Å²) in [6.45, 7) is 4.16. The van der Waals surface area contributed by atoms with Gasteiger partial charge in [-0.1, -0.05) is 23.2 Å². The molecular formula is C28H28Cl2N6O4. The largest absolute Gasteiger partial charge is 0.495 e. The van der Waals surface area contributed by atoms with Gasteiger partial charge in [-0.15, -0.1) is 0 Å². The van der Waals surface area contributed by atoms with Gasteiger partial charge >= 0.3 is 12.4 Å². The number of hydrogen-bond acceptors (Lipinski definition) is 9. The van der Waals surface area contributed by atoms with Crippen molar-refractivity contribution in [2.24, 2.45) is 11.7 Å². The molecular weight excluding hydrogens is 555 g/mol. The summed E-state index contributed by atoms with van der Waals surface area (Å²) in [6.07, 6.45) is 7.02. The average Bonchev–Trinajstić information content (AvgIpc) is 3.40. The van der Waals surface area contributed by atoms with Crippen LogP contribution in [0, 0.1) is 12.8 Å². The third kappa shape index (κ3) is 5.05. The molecule has 208 valence electrons. The SMILES string of the molecule is COc1ccc(-c2cnc3c(Nc4ccc(C(=O)OC=O)c(C)c4N4CCC(CN)CC4)nccn23)c(Cl)c1Cl. The number of methoxy groups -OCH3 is 1. The Morgan fingerprint density at radius 1 is 1.18 bits per heavy atom. The number of imidazole rings is 1. The van der Waals surface area contributed by atoms with E-state index in [0.717, 1.165) is 43.0 Å². The van der Waals surface area contributed by atoms with Crippen molar-refractivity contribution in [3.63, 3.8) is 0 Å². The zero-order chi connectivity index (χ0) is 28.4. The second-order valence-electron chi connectivity index (χ2n) is 9.48. The molecule has 0 spiro atoms. The van der Waals surface area contributed by atoms with Gasteiger partial charge in [0.05, 0.1) is 41.0 Å². The number of carbonyl (C=O) groups is 2. The second kappa shape index (κ2) is 11.7. The molecule has 5 rings (SSSR count). The molecule has 3 heterocycles. The van der Waals surface area contributed by atoms with Crippen molar-refractivity contribution in [1.29, 1.82) is 0 Å². The number of aromatic nitrogens is 3. The zero-order valence-electron chi connectivity index (χ0n) is 22.0. The van der Waals surface area contributed by atoms with Crippen molar-refractivity contribution >= 4 is 58.5 Å². The summed E-state index contributed by atoms with van der Waals surface area (Å²) in [4.78, 5) is 34.8. The number of carbonyl (C=O) groups excluding carboxylic acids is 2. The summed E-state index contributed by atoms with van der Waals surface area (Å²) >= 11 is 13.0. The van der Waals surface area contributed by atoms with Gasteiger partial charge in [0.15, 0.2) is 11.5 Å². The highest BCUT2D eigenvalue weighted by molar-refractivity contribution is 6.44. The fourth-order valence-electron chi connectivity index (χ4n) is 5.15. The first-order chi connectivity index (χ1) is 19.4. The normalized spacial score (nSPS) is 13.9. The van der Waals surface area contributed by atoms with E-state index in [9.17, 15) is 9.59 Å². The number of rotatable bonds is 8. The topological polar surface area (TPSA) is 124 Å². The molecule has 4 aromatic rings. The molecule has 12 heteroatoms. The number of benzene rings is 2. The summed E-state index contributed by atoms with van der Waals surface area (Å²) < 4.78 is 11.8. The minimum absolute atomic E-state index is 0.142. The van der Waals surface area contributed by atoms with Crippen LogP contribution in [0.4, 0.5) is 17.2 Å². The number of esters is 1. The number of fused-ring (bicyclic) bond motifs is 1. The molecule has 3 N–H and O–H groups in total. The Kier molecular flexibility index (Phi) is 8.11. The number of anilines is 3. The van der Waals surface area contributed by atoms with Crippen LogP contribution in [0.2, 0.25) is 10.0 Å². The number of hydrogen-bond donors (Lipinski definition) is 2. The third-order valence-corrected chi connectivity index (χ3v) is 8.16. The van der Waals surface area contributed by atoms with Gasteiger partial charge in [-0.05, 0) is 62.1 Å². The average molecular weight is 583 g/mol. The van der Waals surface area contributed by atoms with Crippen LogP contribution in [-0.2, 0) is 9.53 Å². The van der Waals surface area contributed by atoms with E-state index in [0.29, 0.717) is 56.4 Å². The standard InChI is InChI=1S/C28H28Cl2N6O4/c1-16-18(28(38)40-15-37)3-5-20(25(16)35-10-7-17(13-31)8-11-35)34-26-27-33-14-21(36(27)12-9-32-26)19-4-6-22(39-2)24(30)23(19)29/h3-6,9,12,14-15,17H,7-8,10-11,13,31H2,1-2H3,(H,32,34). The Morgan fingerprint density at radius 3 is 2.65 bits per heavy atom. The molecule has 1 saturated heterocycles. The van der Waals surface area contributed by atoms with Crippen molar-refractivity contribution in [1.82, 2.24) is 14.4 Å². The summed E-state index contributed by atoms with van der Waals surface area (Å²) in [5.41, 5.74) is 10.5. The molecule has 0 radical (unpaired) electrons. The number of nitrogens with one attached hydrogen (secondary N) is 1. The van der Waals surface area contributed by atoms with E-state index in [2.05, 4.69) is 24.9 Å². The van der Waals surface area contributed by atoms with Gasteiger partial charge in [0, 0.05) is 31.0 Å². The highest BCUT2D eigenvalue weighted by atomic mass is 35.5. The lowest BCUT2D eigenvalue weighted by Gasteiger charge is -2.35. The predicted molar refractivity (Wildman–Crippen MR) is 155 cm³/mol. The lowest BCUT2D eigenvalue weighted by molar-refractivity contribution is -0.123. The van der Waals surface area contributed by atoms with Crippen LogP contribution in [0.15, 0.2) is 42.9 Å². The molecule has 0 bridgehead atoms. The van der Waals surface area contributed by atoms with E-state index in [1.54, 1.807) is 36.8 Å². The maximum absolute atomic E-state index is 12.5. The van der Waals surface area contributed by atoms with Gasteiger partial charge in [0.2, 0.25) is 0 Å². The predicted octanol–water partition coefficient (Wildman–Crippen LogP) is 5.25. The van der Waals surface area contributed by atoms with Crippen LogP contribution in [-0.4, -0.2) is 53.6 Å². The maximum atomic E-state index is 12.5. The molecule has 40 heavy (non-hydrogen) atoms. The van der Waals surface area contributed by atoms with Gasteiger partial charge in [-0.3, -0.25) is 9.20 Å². The van der Waals surface area contributed by atoms with Crippen molar-refractivity contribution in [2.45, 2.75) is 19.8 Å². The van der Waals surface area contributed by atoms with Gasteiger partial charge in [0.1, 0.15) is 10.8 Å². The number of nitrogens with zero attached hydrogens (tertiary/aromatic N) is 4. The smallest absolute Gasteiger partial charge is 0.345 e. The Hall–Kier alpha value is -3.86. The summed E-state index contributed by atoms with van der Waals surface area (Å²) in [5.74, 6) is 0.732. The lowest BCUT2D eigenvalue weighted by atomic mass is 9.95. The Balaban J connectivity index is 1.56. The molecule has 0 aliphatic carbocycles. The number of piperidine rings is 1. The first kappa shape index (κ1) is 27.7. The minimum Gasteiger partial charge on any atom is -0.495 e. The van der Waals surface area contributed by atoms with Crippen molar-refractivity contribution < 1.29 is 19.1 Å². The quantitative estimate of drug-likeness (QED) is 0.163. The lowest BCUT2D eigenvalue weighted by Crippen LogP contribution is -2.37. The number of ether oxygens (including phenoxy) is 2. The van der Waals surface area contributed by atoms with Crippen molar-refractivity contribution in [3.05, 3.63) is 64.0 Å². The Morgan fingerprint density at radius 2 is 1.95 bits per heavy atom. The van der Waals surface area contributed by atoms with Gasteiger partial charge in [0.25, 0.3) is 0 Å². The van der Waals surface area contributed by atoms with Gasteiger partial charge in [-0.2, -0.15) is 0 Å². The first-order valence-corrected chi connectivity index (χ1v) is 13.5. The summed E-state index contributed by atoms with van der Waals surface area (Å²) in [5, 5.41) is 4.09. The van der Waals surface area contributed by atoms with E-state index in [1.165, 1.54) is 7.11 Å². The number of halogens is 2. The molecule has 0 saturated carbocycles. The van der Waals surface area contributed by atoms with E-state index in [1.807, 2.05) is 17.4 Å². The second-order valence-corrected chi connectivity index (χ2v) is 10.2. The summed E-state index contributed by atoms with van der Waals surface area (Å²) in [7, 11) is 1.53.